The van der Waals surface area contributed by atoms with Crippen LogP contribution in [0.1, 0.15) is 34.7 Å². The molecule has 102 valence electrons. The lowest BCUT2D eigenvalue weighted by atomic mass is 10.0. The quantitative estimate of drug-likeness (QED) is 0.416. The Morgan fingerprint density at radius 1 is 1.05 bits per heavy atom. The number of hydrogen-bond donors (Lipinski definition) is 0. The van der Waals surface area contributed by atoms with Gasteiger partial charge in [0.2, 0.25) is 0 Å². The SMILES string of the molecule is CCc1ccc(C(=S)C=Cc2cccc(C)c2C)cc1. The molecule has 0 atom stereocenters. The van der Waals surface area contributed by atoms with Gasteiger partial charge in [-0.15, -0.1) is 0 Å². The van der Waals surface area contributed by atoms with Crippen LogP contribution in [-0.4, -0.2) is 4.86 Å². The van der Waals surface area contributed by atoms with Gasteiger partial charge in [-0.1, -0.05) is 67.7 Å². The average Bonchev–Trinajstić information content (AvgIpc) is 2.48. The van der Waals surface area contributed by atoms with Crippen molar-refractivity contribution in [2.45, 2.75) is 27.2 Å². The van der Waals surface area contributed by atoms with Gasteiger partial charge in [0.15, 0.2) is 0 Å². The summed E-state index contributed by atoms with van der Waals surface area (Å²) in [6.07, 6.45) is 5.20. The molecule has 20 heavy (non-hydrogen) atoms. The van der Waals surface area contributed by atoms with E-state index in [0.717, 1.165) is 16.8 Å². The van der Waals surface area contributed by atoms with Crippen molar-refractivity contribution in [1.82, 2.24) is 0 Å². The summed E-state index contributed by atoms with van der Waals surface area (Å²) < 4.78 is 0. The third-order valence-electron chi connectivity index (χ3n) is 3.71. The van der Waals surface area contributed by atoms with Gasteiger partial charge in [-0.25, -0.2) is 0 Å². The fourth-order valence-corrected chi connectivity index (χ4v) is 2.32. The first-order chi connectivity index (χ1) is 9.61. The van der Waals surface area contributed by atoms with Gasteiger partial charge in [-0.05, 0) is 54.2 Å². The third-order valence-corrected chi connectivity index (χ3v) is 4.08. The Morgan fingerprint density at radius 3 is 2.40 bits per heavy atom. The fraction of sp³-hybridized carbons (Fsp3) is 0.211. The summed E-state index contributed by atoms with van der Waals surface area (Å²) in [5.74, 6) is 0. The summed E-state index contributed by atoms with van der Waals surface area (Å²) in [5, 5.41) is 0. The molecule has 0 bridgehead atoms. The van der Waals surface area contributed by atoms with E-state index in [4.69, 9.17) is 12.2 Å². The van der Waals surface area contributed by atoms with Crippen molar-refractivity contribution in [3.63, 3.8) is 0 Å². The molecule has 0 unspecified atom stereocenters. The average molecular weight is 280 g/mol. The van der Waals surface area contributed by atoms with Crippen LogP contribution in [0.25, 0.3) is 6.08 Å². The highest BCUT2D eigenvalue weighted by Crippen LogP contribution is 2.15. The summed E-state index contributed by atoms with van der Waals surface area (Å²) in [7, 11) is 0. The normalized spacial score (nSPS) is 10.9. The minimum atomic E-state index is 0.883. The molecule has 2 aromatic carbocycles. The Bertz CT molecular complexity index is 633. The summed E-state index contributed by atoms with van der Waals surface area (Å²) in [5.41, 5.74) is 6.31. The zero-order chi connectivity index (χ0) is 14.5. The predicted molar refractivity (Wildman–Crippen MR) is 92.5 cm³/mol. The molecular weight excluding hydrogens is 260 g/mol. The van der Waals surface area contributed by atoms with E-state index in [0.29, 0.717) is 0 Å². The zero-order valence-electron chi connectivity index (χ0n) is 12.3. The van der Waals surface area contributed by atoms with Crippen molar-refractivity contribution >= 4 is 23.2 Å². The fourth-order valence-electron chi connectivity index (χ4n) is 2.12. The Morgan fingerprint density at radius 2 is 1.75 bits per heavy atom. The summed E-state index contributed by atoms with van der Waals surface area (Å²) in [6.45, 7) is 6.44. The minimum Gasteiger partial charge on any atom is -0.0795 e. The number of rotatable bonds is 4. The summed E-state index contributed by atoms with van der Waals surface area (Å²) in [4.78, 5) is 0.883. The largest absolute Gasteiger partial charge is 0.0795 e. The maximum absolute atomic E-state index is 5.49. The van der Waals surface area contributed by atoms with E-state index in [1.165, 1.54) is 22.3 Å². The molecule has 0 amide bonds. The van der Waals surface area contributed by atoms with Crippen LogP contribution in [0.4, 0.5) is 0 Å². The molecule has 0 saturated heterocycles. The molecule has 1 heteroatoms. The van der Waals surface area contributed by atoms with E-state index in [1.807, 2.05) is 6.08 Å². The minimum absolute atomic E-state index is 0.883. The van der Waals surface area contributed by atoms with Gasteiger partial charge in [0.05, 0.1) is 0 Å². The number of benzene rings is 2. The van der Waals surface area contributed by atoms with Crippen LogP contribution >= 0.6 is 12.2 Å². The van der Waals surface area contributed by atoms with Crippen molar-refractivity contribution in [3.8, 4) is 0 Å². The van der Waals surface area contributed by atoms with Crippen molar-refractivity contribution in [2.75, 3.05) is 0 Å². The lowest BCUT2D eigenvalue weighted by Crippen LogP contribution is -1.93. The topological polar surface area (TPSA) is 0 Å². The second kappa shape index (κ2) is 6.62. The number of aryl methyl sites for hydroxylation is 2. The Hall–Kier alpha value is -1.73. The second-order valence-corrected chi connectivity index (χ2v) is 5.48. The van der Waals surface area contributed by atoms with Crippen LogP contribution in [0, 0.1) is 13.8 Å². The molecular formula is C19H20S. The van der Waals surface area contributed by atoms with Crippen LogP contribution in [0.3, 0.4) is 0 Å². The Labute approximate surface area is 127 Å². The summed E-state index contributed by atoms with van der Waals surface area (Å²) in [6, 6.07) is 14.8. The monoisotopic (exact) mass is 280 g/mol. The highest BCUT2D eigenvalue weighted by Gasteiger charge is 1.99. The molecule has 0 spiro atoms. The third kappa shape index (κ3) is 3.43. The van der Waals surface area contributed by atoms with Crippen LogP contribution in [-0.2, 0) is 6.42 Å². The lowest BCUT2D eigenvalue weighted by Gasteiger charge is -2.04. The highest BCUT2D eigenvalue weighted by molar-refractivity contribution is 7.81. The molecule has 0 aliphatic rings. The van der Waals surface area contributed by atoms with Gasteiger partial charge in [0, 0.05) is 4.86 Å². The van der Waals surface area contributed by atoms with Crippen molar-refractivity contribution < 1.29 is 0 Å². The maximum atomic E-state index is 5.49. The van der Waals surface area contributed by atoms with Crippen LogP contribution < -0.4 is 0 Å². The van der Waals surface area contributed by atoms with E-state index in [9.17, 15) is 0 Å². The number of thiocarbonyl (C=S) groups is 1. The molecule has 0 N–H and O–H groups in total. The molecule has 2 rings (SSSR count). The Balaban J connectivity index is 2.18. The summed E-state index contributed by atoms with van der Waals surface area (Å²) >= 11 is 5.49. The standard InChI is InChI=1S/C19H20S/c1-4-16-8-10-18(11-9-16)19(20)13-12-17-7-5-6-14(2)15(17)3/h5-13H,4H2,1-3H3. The lowest BCUT2D eigenvalue weighted by molar-refractivity contribution is 1.14. The molecule has 0 aliphatic heterocycles. The van der Waals surface area contributed by atoms with E-state index in [-0.39, 0.29) is 0 Å². The van der Waals surface area contributed by atoms with Crippen LogP contribution in [0.2, 0.25) is 0 Å². The molecule has 0 aliphatic carbocycles. The van der Waals surface area contributed by atoms with Crippen molar-refractivity contribution in [2.24, 2.45) is 0 Å². The molecule has 0 saturated carbocycles. The first-order valence-electron chi connectivity index (χ1n) is 6.99. The van der Waals surface area contributed by atoms with Gasteiger partial charge >= 0.3 is 0 Å². The Kier molecular flexibility index (Phi) is 4.86. The highest BCUT2D eigenvalue weighted by atomic mass is 32.1. The van der Waals surface area contributed by atoms with Gasteiger partial charge < -0.3 is 0 Å². The van der Waals surface area contributed by atoms with E-state index < -0.39 is 0 Å². The number of hydrogen-bond acceptors (Lipinski definition) is 1. The molecule has 0 nitrogen and oxygen atoms in total. The second-order valence-electron chi connectivity index (χ2n) is 5.04. The van der Waals surface area contributed by atoms with Crippen LogP contribution in [0.5, 0.6) is 0 Å². The van der Waals surface area contributed by atoms with Gasteiger partial charge in [0.1, 0.15) is 0 Å². The van der Waals surface area contributed by atoms with Crippen molar-refractivity contribution in [1.29, 1.82) is 0 Å². The molecule has 2 aromatic rings. The molecule has 0 aromatic heterocycles. The van der Waals surface area contributed by atoms with Gasteiger partial charge in [-0.3, -0.25) is 0 Å². The zero-order valence-corrected chi connectivity index (χ0v) is 13.1. The van der Waals surface area contributed by atoms with Crippen LogP contribution in [0.15, 0.2) is 48.5 Å². The smallest absolute Gasteiger partial charge is 0.0449 e. The first kappa shape index (κ1) is 14.7. The van der Waals surface area contributed by atoms with E-state index >= 15 is 0 Å². The maximum Gasteiger partial charge on any atom is 0.0449 e. The molecule has 0 radical (unpaired) electrons. The van der Waals surface area contributed by atoms with E-state index in [2.05, 4.69) is 69.3 Å². The van der Waals surface area contributed by atoms with Crippen molar-refractivity contribution in [3.05, 3.63) is 76.4 Å². The molecule has 0 heterocycles. The van der Waals surface area contributed by atoms with Gasteiger partial charge in [-0.2, -0.15) is 0 Å². The number of allylic oxidation sites excluding steroid dienone is 1. The van der Waals surface area contributed by atoms with Gasteiger partial charge in [0.25, 0.3) is 0 Å². The predicted octanol–water partition coefficient (Wildman–Crippen LogP) is 5.30. The first-order valence-corrected chi connectivity index (χ1v) is 7.40. The molecule has 0 fully saturated rings. The van der Waals surface area contributed by atoms with E-state index in [1.54, 1.807) is 0 Å².